The SMILES string of the molecule is CC(=O)N1CCc2c(c(Nc3ccc(C)c(C(F)F)c3)nn2C2CCOCC2)C1. The lowest BCUT2D eigenvalue weighted by Gasteiger charge is -2.29. The number of nitrogens with zero attached hydrogens (tertiary/aromatic N) is 3. The number of aryl methyl sites for hydroxylation is 1. The van der Waals surface area contributed by atoms with Gasteiger partial charge in [-0.25, -0.2) is 8.78 Å². The van der Waals surface area contributed by atoms with E-state index in [9.17, 15) is 13.6 Å². The van der Waals surface area contributed by atoms with Crippen molar-refractivity contribution in [2.75, 3.05) is 25.1 Å². The van der Waals surface area contributed by atoms with E-state index >= 15 is 0 Å². The van der Waals surface area contributed by atoms with Crippen LogP contribution in [0.3, 0.4) is 0 Å². The number of aromatic nitrogens is 2. The van der Waals surface area contributed by atoms with Crippen LogP contribution in [0.5, 0.6) is 0 Å². The van der Waals surface area contributed by atoms with E-state index < -0.39 is 6.43 Å². The fourth-order valence-electron chi connectivity index (χ4n) is 4.14. The molecule has 2 aromatic rings. The zero-order chi connectivity index (χ0) is 20.5. The van der Waals surface area contributed by atoms with Crippen molar-refractivity contribution < 1.29 is 18.3 Å². The number of ether oxygens (including phenoxy) is 1. The molecular weight excluding hydrogens is 378 g/mol. The van der Waals surface area contributed by atoms with Gasteiger partial charge in [0.15, 0.2) is 5.82 Å². The molecule has 1 N–H and O–H groups in total. The van der Waals surface area contributed by atoms with Crippen LogP contribution in [0.2, 0.25) is 0 Å². The number of hydrogen-bond donors (Lipinski definition) is 1. The zero-order valence-corrected chi connectivity index (χ0v) is 16.8. The van der Waals surface area contributed by atoms with Gasteiger partial charge in [0.1, 0.15) is 0 Å². The minimum Gasteiger partial charge on any atom is -0.381 e. The molecule has 2 aliphatic heterocycles. The number of amides is 1. The Bertz CT molecular complexity index is 906. The van der Waals surface area contributed by atoms with Gasteiger partial charge in [0.2, 0.25) is 5.91 Å². The summed E-state index contributed by atoms with van der Waals surface area (Å²) in [4.78, 5) is 13.7. The number of hydrogen-bond acceptors (Lipinski definition) is 4. The standard InChI is InChI=1S/C21H26F2N4O2/c1-13-3-4-15(11-17(13)20(22)23)24-21-18-12-26(14(2)28)8-5-19(18)27(25-21)16-6-9-29-10-7-16/h3-4,11,16,20H,5-10,12H2,1-2H3,(H,24,25). The van der Waals surface area contributed by atoms with Crippen molar-refractivity contribution in [3.63, 3.8) is 0 Å². The Morgan fingerprint density at radius 3 is 2.76 bits per heavy atom. The van der Waals surface area contributed by atoms with E-state index in [1.807, 2.05) is 0 Å². The molecule has 0 aliphatic carbocycles. The number of fused-ring (bicyclic) bond motifs is 1. The first-order valence-electron chi connectivity index (χ1n) is 10.0. The average Bonchev–Trinajstić information content (AvgIpc) is 3.07. The van der Waals surface area contributed by atoms with E-state index in [4.69, 9.17) is 9.84 Å². The normalized spacial score (nSPS) is 17.5. The quantitative estimate of drug-likeness (QED) is 0.833. The number of carbonyl (C=O) groups excluding carboxylic acids is 1. The van der Waals surface area contributed by atoms with Gasteiger partial charge in [-0.15, -0.1) is 0 Å². The van der Waals surface area contributed by atoms with Gasteiger partial charge in [0.25, 0.3) is 6.43 Å². The number of benzene rings is 1. The van der Waals surface area contributed by atoms with Crippen LogP contribution >= 0.6 is 0 Å². The number of nitrogens with one attached hydrogen (secondary N) is 1. The molecule has 0 unspecified atom stereocenters. The smallest absolute Gasteiger partial charge is 0.264 e. The summed E-state index contributed by atoms with van der Waals surface area (Å²) in [6, 6.07) is 5.21. The van der Waals surface area contributed by atoms with Gasteiger partial charge in [0.05, 0.1) is 12.6 Å². The second-order valence-corrected chi connectivity index (χ2v) is 7.75. The van der Waals surface area contributed by atoms with Gasteiger partial charge >= 0.3 is 0 Å². The van der Waals surface area contributed by atoms with Gasteiger partial charge in [-0.2, -0.15) is 5.10 Å². The summed E-state index contributed by atoms with van der Waals surface area (Å²) in [5.74, 6) is 0.664. The Balaban J connectivity index is 1.70. The van der Waals surface area contributed by atoms with Crippen molar-refractivity contribution in [1.29, 1.82) is 0 Å². The molecule has 29 heavy (non-hydrogen) atoms. The summed E-state index contributed by atoms with van der Waals surface area (Å²) in [5, 5.41) is 8.07. The van der Waals surface area contributed by atoms with Crippen LogP contribution in [-0.2, 0) is 22.5 Å². The van der Waals surface area contributed by atoms with Gasteiger partial charge in [-0.3, -0.25) is 9.48 Å². The van der Waals surface area contributed by atoms with Gasteiger partial charge < -0.3 is 15.0 Å². The highest BCUT2D eigenvalue weighted by Crippen LogP contribution is 2.34. The van der Waals surface area contributed by atoms with E-state index in [2.05, 4.69) is 10.00 Å². The Hall–Kier alpha value is -2.48. The van der Waals surface area contributed by atoms with E-state index in [-0.39, 0.29) is 17.5 Å². The molecule has 2 aliphatic rings. The van der Waals surface area contributed by atoms with Crippen LogP contribution in [0.1, 0.15) is 54.6 Å². The summed E-state index contributed by atoms with van der Waals surface area (Å²) in [7, 11) is 0. The summed E-state index contributed by atoms with van der Waals surface area (Å²) < 4.78 is 34.2. The third kappa shape index (κ3) is 3.99. The van der Waals surface area contributed by atoms with E-state index in [1.165, 1.54) is 6.07 Å². The topological polar surface area (TPSA) is 59.4 Å². The van der Waals surface area contributed by atoms with Crippen molar-refractivity contribution in [1.82, 2.24) is 14.7 Å². The maximum absolute atomic E-state index is 13.3. The fraction of sp³-hybridized carbons (Fsp3) is 0.524. The number of alkyl halides is 2. The molecule has 8 heteroatoms. The fourth-order valence-corrected chi connectivity index (χ4v) is 4.14. The predicted octanol–water partition coefficient (Wildman–Crippen LogP) is 4.13. The second kappa shape index (κ2) is 8.10. The molecular formula is C21H26F2N4O2. The highest BCUT2D eigenvalue weighted by molar-refractivity contribution is 5.74. The van der Waals surface area contributed by atoms with Crippen LogP contribution in [0.4, 0.5) is 20.3 Å². The molecule has 1 amide bonds. The second-order valence-electron chi connectivity index (χ2n) is 7.75. The van der Waals surface area contributed by atoms with Crippen molar-refractivity contribution >= 4 is 17.4 Å². The van der Waals surface area contributed by atoms with Crippen molar-refractivity contribution in [2.24, 2.45) is 0 Å². The third-order valence-corrected chi connectivity index (χ3v) is 5.85. The molecule has 0 saturated carbocycles. The summed E-state index contributed by atoms with van der Waals surface area (Å²) >= 11 is 0. The Kier molecular flexibility index (Phi) is 5.54. The molecule has 1 saturated heterocycles. The first-order chi connectivity index (χ1) is 13.9. The van der Waals surface area contributed by atoms with Gasteiger partial charge in [0, 0.05) is 55.6 Å². The molecule has 0 radical (unpaired) electrons. The van der Waals surface area contributed by atoms with Crippen LogP contribution in [0.25, 0.3) is 0 Å². The molecule has 1 aromatic heterocycles. The molecule has 0 spiro atoms. The lowest BCUT2D eigenvalue weighted by atomic mass is 10.0. The van der Waals surface area contributed by atoms with E-state index in [0.29, 0.717) is 43.4 Å². The molecule has 0 atom stereocenters. The summed E-state index contributed by atoms with van der Waals surface area (Å²) in [6.45, 7) is 5.79. The minimum atomic E-state index is -2.53. The third-order valence-electron chi connectivity index (χ3n) is 5.85. The molecule has 3 heterocycles. The van der Waals surface area contributed by atoms with E-state index in [1.54, 1.807) is 30.9 Å². The maximum Gasteiger partial charge on any atom is 0.264 e. The summed E-state index contributed by atoms with van der Waals surface area (Å²) in [5.41, 5.74) is 3.24. The first kappa shape index (κ1) is 19.8. The first-order valence-corrected chi connectivity index (χ1v) is 10.0. The lowest BCUT2D eigenvalue weighted by molar-refractivity contribution is -0.129. The van der Waals surface area contributed by atoms with Crippen molar-refractivity contribution in [3.8, 4) is 0 Å². The molecule has 4 rings (SSSR count). The number of anilines is 2. The highest BCUT2D eigenvalue weighted by atomic mass is 19.3. The van der Waals surface area contributed by atoms with Crippen LogP contribution < -0.4 is 5.32 Å². The maximum atomic E-state index is 13.3. The summed E-state index contributed by atoms with van der Waals surface area (Å²) in [6.07, 6.45) is -0.00994. The zero-order valence-electron chi connectivity index (χ0n) is 16.8. The Morgan fingerprint density at radius 2 is 2.07 bits per heavy atom. The molecule has 1 fully saturated rings. The molecule has 1 aromatic carbocycles. The minimum absolute atomic E-state index is 0.0121. The van der Waals surface area contributed by atoms with E-state index in [0.717, 1.165) is 30.5 Å². The molecule has 6 nitrogen and oxygen atoms in total. The number of carbonyl (C=O) groups is 1. The lowest BCUT2D eigenvalue weighted by Crippen LogP contribution is -2.35. The Labute approximate surface area is 168 Å². The van der Waals surface area contributed by atoms with Gasteiger partial charge in [-0.1, -0.05) is 6.07 Å². The monoisotopic (exact) mass is 404 g/mol. The number of rotatable bonds is 4. The van der Waals surface area contributed by atoms with Gasteiger partial charge in [-0.05, 0) is 37.5 Å². The average molecular weight is 404 g/mol. The molecule has 156 valence electrons. The largest absolute Gasteiger partial charge is 0.381 e. The van der Waals surface area contributed by atoms with Crippen LogP contribution in [-0.4, -0.2) is 40.3 Å². The number of halogens is 2. The van der Waals surface area contributed by atoms with Crippen LogP contribution in [0.15, 0.2) is 18.2 Å². The van der Waals surface area contributed by atoms with Crippen molar-refractivity contribution in [2.45, 2.75) is 52.1 Å². The van der Waals surface area contributed by atoms with Crippen LogP contribution in [0, 0.1) is 6.92 Å². The highest BCUT2D eigenvalue weighted by Gasteiger charge is 2.29. The molecule has 0 bridgehead atoms. The van der Waals surface area contributed by atoms with Crippen molar-refractivity contribution in [3.05, 3.63) is 40.6 Å². The Morgan fingerprint density at radius 1 is 1.31 bits per heavy atom. The predicted molar refractivity (Wildman–Crippen MR) is 106 cm³/mol.